The Morgan fingerprint density at radius 2 is 2.15 bits per heavy atom. The molecule has 0 amide bonds. The normalized spacial score (nSPS) is 11.1. The third-order valence-electron chi connectivity index (χ3n) is 2.98. The van der Waals surface area contributed by atoms with Crippen LogP contribution in [0.5, 0.6) is 5.75 Å². The summed E-state index contributed by atoms with van der Waals surface area (Å²) in [7, 11) is 1.52. The summed E-state index contributed by atoms with van der Waals surface area (Å²) in [5.41, 5.74) is 1.46. The molecule has 0 saturated carbocycles. The first-order chi connectivity index (χ1) is 9.56. The molecule has 1 aromatic heterocycles. The Morgan fingerprint density at radius 3 is 2.75 bits per heavy atom. The SMILES string of the molecule is COc1ccc(F)c(-n2nnc(CO)c2CC(C)C)c1. The topological polar surface area (TPSA) is 60.2 Å². The molecule has 6 heteroatoms. The van der Waals surface area contributed by atoms with Crippen molar-refractivity contribution >= 4 is 0 Å². The molecule has 108 valence electrons. The van der Waals surface area contributed by atoms with Gasteiger partial charge in [-0.1, -0.05) is 19.1 Å². The number of methoxy groups -OCH3 is 1. The van der Waals surface area contributed by atoms with E-state index in [1.165, 1.54) is 17.9 Å². The average Bonchev–Trinajstić information content (AvgIpc) is 2.81. The van der Waals surface area contributed by atoms with Crippen LogP contribution < -0.4 is 4.74 Å². The molecule has 0 saturated heterocycles. The van der Waals surface area contributed by atoms with E-state index in [0.717, 1.165) is 5.69 Å². The Hall–Kier alpha value is -1.95. The lowest BCUT2D eigenvalue weighted by molar-refractivity contribution is 0.275. The van der Waals surface area contributed by atoms with Gasteiger partial charge >= 0.3 is 0 Å². The molecule has 0 unspecified atom stereocenters. The molecule has 0 bridgehead atoms. The predicted octanol–water partition coefficient (Wildman–Crippen LogP) is 2.11. The Morgan fingerprint density at radius 1 is 1.40 bits per heavy atom. The van der Waals surface area contributed by atoms with Gasteiger partial charge in [0.1, 0.15) is 22.9 Å². The van der Waals surface area contributed by atoms with Gasteiger partial charge in [-0.05, 0) is 24.5 Å². The average molecular weight is 279 g/mol. The Labute approximate surface area is 117 Å². The number of halogens is 1. The summed E-state index contributed by atoms with van der Waals surface area (Å²) in [6, 6.07) is 4.44. The number of benzene rings is 1. The highest BCUT2D eigenvalue weighted by molar-refractivity contribution is 5.41. The van der Waals surface area contributed by atoms with Gasteiger partial charge in [0, 0.05) is 6.07 Å². The van der Waals surface area contributed by atoms with Crippen molar-refractivity contribution in [1.29, 1.82) is 0 Å². The zero-order chi connectivity index (χ0) is 14.7. The maximum absolute atomic E-state index is 14.0. The molecule has 0 spiro atoms. The quantitative estimate of drug-likeness (QED) is 0.910. The van der Waals surface area contributed by atoms with Crippen molar-refractivity contribution in [3.05, 3.63) is 35.4 Å². The molecule has 2 rings (SSSR count). The number of ether oxygens (including phenoxy) is 1. The molecule has 0 fully saturated rings. The summed E-state index contributed by atoms with van der Waals surface area (Å²) in [6.07, 6.45) is 0.652. The van der Waals surface area contributed by atoms with Crippen LogP contribution in [0.1, 0.15) is 25.2 Å². The first-order valence-electron chi connectivity index (χ1n) is 6.45. The number of aliphatic hydroxyl groups excluding tert-OH is 1. The zero-order valence-corrected chi connectivity index (χ0v) is 11.8. The number of nitrogens with zero attached hydrogens (tertiary/aromatic N) is 3. The van der Waals surface area contributed by atoms with Crippen LogP contribution in [-0.4, -0.2) is 27.2 Å². The molecule has 0 aliphatic carbocycles. The van der Waals surface area contributed by atoms with Crippen molar-refractivity contribution in [1.82, 2.24) is 15.0 Å². The maximum atomic E-state index is 14.0. The minimum absolute atomic E-state index is 0.215. The minimum Gasteiger partial charge on any atom is -0.497 e. The highest BCUT2D eigenvalue weighted by Crippen LogP contribution is 2.23. The summed E-state index contributed by atoms with van der Waals surface area (Å²) in [6.45, 7) is 3.87. The molecular formula is C14H18FN3O2. The maximum Gasteiger partial charge on any atom is 0.149 e. The Kier molecular flexibility index (Phi) is 4.34. The third-order valence-corrected chi connectivity index (χ3v) is 2.98. The van der Waals surface area contributed by atoms with E-state index in [-0.39, 0.29) is 12.3 Å². The van der Waals surface area contributed by atoms with Crippen LogP contribution in [0.3, 0.4) is 0 Å². The molecule has 1 heterocycles. The Balaban J connectivity index is 2.54. The molecule has 5 nitrogen and oxygen atoms in total. The fraction of sp³-hybridized carbons (Fsp3) is 0.429. The van der Waals surface area contributed by atoms with Crippen LogP contribution >= 0.6 is 0 Å². The lowest BCUT2D eigenvalue weighted by Crippen LogP contribution is -2.09. The van der Waals surface area contributed by atoms with Crippen molar-refractivity contribution in [2.24, 2.45) is 5.92 Å². The summed E-state index contributed by atoms with van der Waals surface area (Å²) in [5.74, 6) is 0.467. The molecule has 0 radical (unpaired) electrons. The number of aromatic nitrogens is 3. The van der Waals surface area contributed by atoms with Gasteiger partial charge in [0.05, 0.1) is 19.4 Å². The summed E-state index contributed by atoms with van der Waals surface area (Å²) >= 11 is 0. The lowest BCUT2D eigenvalue weighted by Gasteiger charge is -2.11. The molecule has 1 N–H and O–H groups in total. The van der Waals surface area contributed by atoms with E-state index in [1.807, 2.05) is 13.8 Å². The van der Waals surface area contributed by atoms with Crippen LogP contribution in [0.2, 0.25) is 0 Å². The second-order valence-electron chi connectivity index (χ2n) is 4.97. The molecule has 1 aromatic carbocycles. The van der Waals surface area contributed by atoms with Crippen molar-refractivity contribution in [2.75, 3.05) is 7.11 Å². The molecule has 0 atom stereocenters. The first-order valence-corrected chi connectivity index (χ1v) is 6.45. The number of hydrogen-bond acceptors (Lipinski definition) is 4. The third kappa shape index (κ3) is 2.80. The van der Waals surface area contributed by atoms with Crippen LogP contribution in [0.15, 0.2) is 18.2 Å². The number of rotatable bonds is 5. The minimum atomic E-state index is -0.412. The largest absolute Gasteiger partial charge is 0.497 e. The van der Waals surface area contributed by atoms with Gasteiger partial charge in [0.25, 0.3) is 0 Å². The van der Waals surface area contributed by atoms with E-state index in [2.05, 4.69) is 10.3 Å². The van der Waals surface area contributed by atoms with Crippen LogP contribution in [-0.2, 0) is 13.0 Å². The smallest absolute Gasteiger partial charge is 0.149 e. The first kappa shape index (κ1) is 14.5. The van der Waals surface area contributed by atoms with Gasteiger partial charge in [-0.2, -0.15) is 0 Å². The van der Waals surface area contributed by atoms with E-state index >= 15 is 0 Å². The molecule has 2 aromatic rings. The van der Waals surface area contributed by atoms with Crippen molar-refractivity contribution in [3.8, 4) is 11.4 Å². The van der Waals surface area contributed by atoms with E-state index in [0.29, 0.717) is 23.8 Å². The Bertz CT molecular complexity index is 596. The molecule has 0 aliphatic heterocycles. The van der Waals surface area contributed by atoms with Gasteiger partial charge < -0.3 is 9.84 Å². The highest BCUT2D eigenvalue weighted by Gasteiger charge is 2.17. The van der Waals surface area contributed by atoms with Crippen LogP contribution in [0, 0.1) is 11.7 Å². The summed E-state index contributed by atoms with van der Waals surface area (Å²) < 4.78 is 20.6. The number of hydrogen-bond donors (Lipinski definition) is 1. The van der Waals surface area contributed by atoms with Crippen molar-refractivity contribution in [3.63, 3.8) is 0 Å². The summed E-state index contributed by atoms with van der Waals surface area (Å²) in [5, 5.41) is 17.2. The van der Waals surface area contributed by atoms with E-state index in [1.54, 1.807) is 12.1 Å². The van der Waals surface area contributed by atoms with Gasteiger partial charge in [0.15, 0.2) is 0 Å². The zero-order valence-electron chi connectivity index (χ0n) is 11.8. The predicted molar refractivity (Wildman–Crippen MR) is 72.3 cm³/mol. The van der Waals surface area contributed by atoms with Crippen molar-refractivity contribution < 1.29 is 14.2 Å². The second-order valence-corrected chi connectivity index (χ2v) is 4.97. The van der Waals surface area contributed by atoms with Gasteiger partial charge in [-0.25, -0.2) is 9.07 Å². The van der Waals surface area contributed by atoms with Gasteiger partial charge in [0.2, 0.25) is 0 Å². The summed E-state index contributed by atoms with van der Waals surface area (Å²) in [4.78, 5) is 0. The fourth-order valence-corrected chi connectivity index (χ4v) is 2.02. The van der Waals surface area contributed by atoms with Crippen LogP contribution in [0.25, 0.3) is 5.69 Å². The van der Waals surface area contributed by atoms with E-state index in [4.69, 9.17) is 4.74 Å². The highest BCUT2D eigenvalue weighted by atomic mass is 19.1. The second kappa shape index (κ2) is 6.00. The van der Waals surface area contributed by atoms with Gasteiger partial charge in [-0.15, -0.1) is 5.10 Å². The number of aliphatic hydroxyl groups is 1. The fourth-order valence-electron chi connectivity index (χ4n) is 2.02. The van der Waals surface area contributed by atoms with E-state index in [9.17, 15) is 9.50 Å². The molecular weight excluding hydrogens is 261 g/mol. The van der Waals surface area contributed by atoms with Gasteiger partial charge in [-0.3, -0.25) is 0 Å². The molecule has 0 aliphatic rings. The van der Waals surface area contributed by atoms with Crippen LogP contribution in [0.4, 0.5) is 4.39 Å². The standard InChI is InChI=1S/C14H18FN3O2/c1-9(2)6-14-12(8-19)16-17-18(14)13-7-10(20-3)4-5-11(13)15/h4-5,7,9,19H,6,8H2,1-3H3. The van der Waals surface area contributed by atoms with E-state index < -0.39 is 5.82 Å². The lowest BCUT2D eigenvalue weighted by atomic mass is 10.1. The monoisotopic (exact) mass is 279 g/mol. The molecule has 20 heavy (non-hydrogen) atoms. The van der Waals surface area contributed by atoms with Crippen molar-refractivity contribution in [2.45, 2.75) is 26.9 Å².